The van der Waals surface area contributed by atoms with Gasteiger partial charge >= 0.3 is 0 Å². The number of benzene rings is 2. The highest BCUT2D eigenvalue weighted by molar-refractivity contribution is 6.31. The van der Waals surface area contributed by atoms with Crippen molar-refractivity contribution in [3.8, 4) is 0 Å². The molecule has 1 aliphatic heterocycles. The molecular weight excluding hydrogens is 383 g/mol. The first-order valence-electron chi connectivity index (χ1n) is 9.11. The topological polar surface area (TPSA) is 41.9 Å². The van der Waals surface area contributed by atoms with Crippen LogP contribution in [0.4, 0.5) is 0 Å². The third kappa shape index (κ3) is 4.45. The number of oxime groups is 1. The van der Waals surface area contributed by atoms with E-state index in [9.17, 15) is 4.79 Å². The van der Waals surface area contributed by atoms with E-state index in [0.717, 1.165) is 29.7 Å². The number of carbonyl (C=O) groups excluding carboxylic acids is 1. The maximum atomic E-state index is 12.8. The molecule has 1 aliphatic carbocycles. The monoisotopic (exact) mass is 402 g/mol. The van der Waals surface area contributed by atoms with Gasteiger partial charge in [-0.2, -0.15) is 0 Å². The van der Waals surface area contributed by atoms with Crippen LogP contribution >= 0.6 is 23.2 Å². The van der Waals surface area contributed by atoms with Crippen LogP contribution in [0.2, 0.25) is 10.0 Å². The van der Waals surface area contributed by atoms with Crippen molar-refractivity contribution in [2.24, 2.45) is 11.1 Å². The van der Waals surface area contributed by atoms with Crippen LogP contribution in [0.25, 0.3) is 0 Å². The lowest BCUT2D eigenvalue weighted by Gasteiger charge is -2.25. The van der Waals surface area contributed by atoms with Gasteiger partial charge in [0.1, 0.15) is 0 Å². The van der Waals surface area contributed by atoms with E-state index in [-0.39, 0.29) is 17.9 Å². The molecule has 1 amide bonds. The number of nitrogens with zero attached hydrogens (tertiary/aromatic N) is 2. The predicted molar refractivity (Wildman–Crippen MR) is 107 cm³/mol. The van der Waals surface area contributed by atoms with E-state index in [0.29, 0.717) is 29.6 Å². The van der Waals surface area contributed by atoms with E-state index >= 15 is 0 Å². The Hall–Kier alpha value is -2.04. The van der Waals surface area contributed by atoms with Crippen LogP contribution in [0.15, 0.2) is 53.7 Å². The summed E-state index contributed by atoms with van der Waals surface area (Å²) in [6.07, 6.45) is 2.45. The van der Waals surface area contributed by atoms with Crippen molar-refractivity contribution in [2.45, 2.75) is 31.9 Å². The molecule has 0 spiro atoms. The Morgan fingerprint density at radius 3 is 2.56 bits per heavy atom. The second-order valence-corrected chi connectivity index (χ2v) is 7.90. The molecule has 140 valence electrons. The molecule has 0 radical (unpaired) electrons. The largest absolute Gasteiger partial charge is 0.390 e. The molecule has 4 rings (SSSR count). The summed E-state index contributed by atoms with van der Waals surface area (Å²) < 4.78 is 0. The first-order valence-corrected chi connectivity index (χ1v) is 9.86. The van der Waals surface area contributed by atoms with E-state index in [4.69, 9.17) is 28.0 Å². The molecule has 2 aliphatic rings. The maximum absolute atomic E-state index is 12.8. The number of amides is 1. The molecule has 0 saturated heterocycles. The van der Waals surface area contributed by atoms with Crippen LogP contribution in [0.1, 0.15) is 30.4 Å². The van der Waals surface area contributed by atoms with Crippen molar-refractivity contribution in [2.75, 3.05) is 6.54 Å². The van der Waals surface area contributed by atoms with Crippen LogP contribution < -0.4 is 0 Å². The van der Waals surface area contributed by atoms with E-state index in [2.05, 4.69) is 5.16 Å². The average Bonchev–Trinajstić information content (AvgIpc) is 3.42. The third-order valence-corrected chi connectivity index (χ3v) is 5.51. The van der Waals surface area contributed by atoms with Crippen molar-refractivity contribution in [1.29, 1.82) is 0 Å². The quantitative estimate of drug-likeness (QED) is 0.687. The van der Waals surface area contributed by atoms with Gasteiger partial charge in [0.25, 0.3) is 0 Å². The maximum Gasteiger partial charge on any atom is 0.226 e. The summed E-state index contributed by atoms with van der Waals surface area (Å²) >= 11 is 12.2. The molecule has 1 fully saturated rings. The molecule has 0 N–H and O–H groups in total. The highest BCUT2D eigenvalue weighted by Crippen LogP contribution is 2.32. The molecule has 2 aromatic carbocycles. The van der Waals surface area contributed by atoms with Gasteiger partial charge < -0.3 is 9.74 Å². The summed E-state index contributed by atoms with van der Waals surface area (Å²) in [6.45, 7) is 0.992. The van der Waals surface area contributed by atoms with Gasteiger partial charge in [0.05, 0.1) is 12.3 Å². The average molecular weight is 403 g/mol. The number of rotatable bonds is 6. The van der Waals surface area contributed by atoms with E-state index in [1.54, 1.807) is 0 Å². The zero-order chi connectivity index (χ0) is 18.8. The molecule has 0 aromatic heterocycles. The van der Waals surface area contributed by atoms with Crippen molar-refractivity contribution in [1.82, 2.24) is 4.90 Å². The van der Waals surface area contributed by atoms with Gasteiger partial charge in [0.2, 0.25) is 5.91 Å². The molecule has 1 heterocycles. The van der Waals surface area contributed by atoms with Crippen molar-refractivity contribution in [3.05, 3.63) is 69.7 Å². The molecule has 4 nitrogen and oxygen atoms in total. The molecule has 1 unspecified atom stereocenters. The molecule has 0 bridgehead atoms. The standard InChI is InChI=1S/C21H20Cl2N2O2/c22-17-9-7-14(8-10-17)20-11-18(27-24-20)13-25(21(26)15-5-6-15)12-16-3-1-2-4-19(16)23/h1-4,7-10,15,18H,5-6,11-13H2. The van der Waals surface area contributed by atoms with Gasteiger partial charge in [0.15, 0.2) is 6.10 Å². The van der Waals surface area contributed by atoms with Crippen LogP contribution in [0.3, 0.4) is 0 Å². The zero-order valence-electron chi connectivity index (χ0n) is 14.8. The lowest BCUT2D eigenvalue weighted by Crippen LogP contribution is -2.38. The Labute approximate surface area is 168 Å². The van der Waals surface area contributed by atoms with Crippen LogP contribution in [0.5, 0.6) is 0 Å². The Balaban J connectivity index is 1.44. The van der Waals surface area contributed by atoms with Crippen LogP contribution in [-0.2, 0) is 16.2 Å². The fraction of sp³-hybridized carbons (Fsp3) is 0.333. The first-order chi connectivity index (χ1) is 13.1. The Morgan fingerprint density at radius 1 is 1.11 bits per heavy atom. The van der Waals surface area contributed by atoms with Gasteiger partial charge in [-0.15, -0.1) is 0 Å². The normalized spacial score (nSPS) is 18.7. The van der Waals surface area contributed by atoms with Gasteiger partial charge in [0, 0.05) is 28.9 Å². The predicted octanol–water partition coefficient (Wildman–Crippen LogP) is 4.93. The van der Waals surface area contributed by atoms with Gasteiger partial charge in [-0.3, -0.25) is 4.79 Å². The van der Waals surface area contributed by atoms with Crippen molar-refractivity contribution >= 4 is 34.8 Å². The smallest absolute Gasteiger partial charge is 0.226 e. The molecule has 27 heavy (non-hydrogen) atoms. The van der Waals surface area contributed by atoms with Crippen LogP contribution in [-0.4, -0.2) is 29.2 Å². The first kappa shape index (κ1) is 18.3. The lowest BCUT2D eigenvalue weighted by atomic mass is 10.0. The highest BCUT2D eigenvalue weighted by Gasteiger charge is 2.35. The summed E-state index contributed by atoms with van der Waals surface area (Å²) in [7, 11) is 0. The molecule has 2 aromatic rings. The Kier molecular flexibility index (Phi) is 5.37. The third-order valence-electron chi connectivity index (χ3n) is 4.89. The molecule has 1 saturated carbocycles. The fourth-order valence-electron chi connectivity index (χ4n) is 3.24. The SMILES string of the molecule is O=C(C1CC1)N(Cc1ccccc1Cl)CC1CC(c2ccc(Cl)cc2)=NO1. The zero-order valence-corrected chi connectivity index (χ0v) is 16.3. The minimum Gasteiger partial charge on any atom is -0.390 e. The summed E-state index contributed by atoms with van der Waals surface area (Å²) in [4.78, 5) is 20.3. The second-order valence-electron chi connectivity index (χ2n) is 7.06. The minimum absolute atomic E-state index is 0.144. The summed E-state index contributed by atoms with van der Waals surface area (Å²) in [5.41, 5.74) is 2.83. The van der Waals surface area contributed by atoms with E-state index < -0.39 is 0 Å². The number of carbonyl (C=O) groups is 1. The van der Waals surface area contributed by atoms with Gasteiger partial charge in [-0.05, 0) is 42.2 Å². The number of hydrogen-bond acceptors (Lipinski definition) is 3. The van der Waals surface area contributed by atoms with E-state index in [1.807, 2.05) is 53.4 Å². The van der Waals surface area contributed by atoms with Crippen LogP contribution in [0, 0.1) is 5.92 Å². The molecule has 1 atom stereocenters. The van der Waals surface area contributed by atoms with E-state index in [1.165, 1.54) is 0 Å². The Morgan fingerprint density at radius 2 is 1.85 bits per heavy atom. The van der Waals surface area contributed by atoms with Gasteiger partial charge in [-0.25, -0.2) is 0 Å². The van der Waals surface area contributed by atoms with Crippen molar-refractivity contribution < 1.29 is 9.63 Å². The summed E-state index contributed by atoms with van der Waals surface area (Å²) in [5.74, 6) is 0.323. The van der Waals surface area contributed by atoms with Crippen molar-refractivity contribution in [3.63, 3.8) is 0 Å². The number of hydrogen-bond donors (Lipinski definition) is 0. The highest BCUT2D eigenvalue weighted by atomic mass is 35.5. The minimum atomic E-state index is -0.152. The lowest BCUT2D eigenvalue weighted by molar-refractivity contribution is -0.135. The second kappa shape index (κ2) is 7.91. The fourth-order valence-corrected chi connectivity index (χ4v) is 3.56. The van der Waals surface area contributed by atoms with Gasteiger partial charge in [-0.1, -0.05) is 58.7 Å². The Bertz CT molecular complexity index is 863. The number of halogens is 2. The summed E-state index contributed by atoms with van der Waals surface area (Å²) in [5, 5.41) is 5.59. The molecular formula is C21H20Cl2N2O2. The molecule has 6 heteroatoms. The summed E-state index contributed by atoms with van der Waals surface area (Å²) in [6, 6.07) is 15.2.